The predicted octanol–water partition coefficient (Wildman–Crippen LogP) is 2.84. The lowest BCUT2D eigenvalue weighted by Crippen LogP contribution is -1.86. The molecule has 0 aliphatic rings. The van der Waals surface area contributed by atoms with Gasteiger partial charge in [-0.25, -0.2) is 9.97 Å². The minimum absolute atomic E-state index is 0.211. The van der Waals surface area contributed by atoms with Crippen LogP contribution in [0.1, 0.15) is 16.8 Å². The van der Waals surface area contributed by atoms with Crippen LogP contribution in [0.3, 0.4) is 0 Å². The van der Waals surface area contributed by atoms with Crippen LogP contribution < -0.4 is 0 Å². The summed E-state index contributed by atoms with van der Waals surface area (Å²) in [5.74, 6) is 0.211. The van der Waals surface area contributed by atoms with Crippen molar-refractivity contribution in [3.05, 3.63) is 59.7 Å². The maximum absolute atomic E-state index is 9.90. The van der Waals surface area contributed by atoms with Crippen molar-refractivity contribution in [2.75, 3.05) is 0 Å². The van der Waals surface area contributed by atoms with Gasteiger partial charge in [0.1, 0.15) is 12.1 Å². The molecule has 2 rings (SSSR count). The van der Waals surface area contributed by atoms with Crippen LogP contribution in [0.5, 0.6) is 0 Å². The highest BCUT2D eigenvalue weighted by molar-refractivity contribution is 5.75. The highest BCUT2D eigenvalue weighted by atomic mass is 16.3. The molecule has 1 aromatic heterocycles. The summed E-state index contributed by atoms with van der Waals surface area (Å²) in [5, 5.41) is 9.90. The van der Waals surface area contributed by atoms with Gasteiger partial charge in [0.2, 0.25) is 0 Å². The SMILES string of the molecule is Cc1cccc(C(O)=Cc2ccncn2)c1. The Morgan fingerprint density at radius 1 is 1.31 bits per heavy atom. The molecule has 16 heavy (non-hydrogen) atoms. The van der Waals surface area contributed by atoms with E-state index < -0.39 is 0 Å². The van der Waals surface area contributed by atoms with Gasteiger partial charge in [-0.05, 0) is 19.1 Å². The van der Waals surface area contributed by atoms with Crippen molar-refractivity contribution in [3.63, 3.8) is 0 Å². The average molecular weight is 212 g/mol. The van der Waals surface area contributed by atoms with Crippen molar-refractivity contribution >= 4 is 11.8 Å². The number of nitrogens with zero attached hydrogens (tertiary/aromatic N) is 2. The molecule has 3 nitrogen and oxygen atoms in total. The smallest absolute Gasteiger partial charge is 0.124 e. The monoisotopic (exact) mass is 212 g/mol. The molecule has 1 N–H and O–H groups in total. The standard InChI is InChI=1S/C13H12N2O/c1-10-3-2-4-11(7-10)13(16)8-12-5-6-14-9-15-12/h2-9,16H,1H3. The van der Waals surface area contributed by atoms with Crippen LogP contribution in [0.2, 0.25) is 0 Å². The molecule has 0 fully saturated rings. The van der Waals surface area contributed by atoms with Crippen molar-refractivity contribution in [3.8, 4) is 0 Å². The summed E-state index contributed by atoms with van der Waals surface area (Å²) < 4.78 is 0. The first-order valence-electron chi connectivity index (χ1n) is 4.99. The molecule has 0 radical (unpaired) electrons. The van der Waals surface area contributed by atoms with Gasteiger partial charge >= 0.3 is 0 Å². The first-order chi connectivity index (χ1) is 7.75. The van der Waals surface area contributed by atoms with Crippen LogP contribution in [0.15, 0.2) is 42.9 Å². The lowest BCUT2D eigenvalue weighted by atomic mass is 10.1. The highest BCUT2D eigenvalue weighted by Crippen LogP contribution is 2.15. The second kappa shape index (κ2) is 4.57. The minimum Gasteiger partial charge on any atom is -0.507 e. The molecule has 1 aromatic carbocycles. The maximum Gasteiger partial charge on any atom is 0.124 e. The van der Waals surface area contributed by atoms with E-state index in [0.29, 0.717) is 5.69 Å². The molecule has 0 amide bonds. The van der Waals surface area contributed by atoms with E-state index in [4.69, 9.17) is 0 Å². The molecule has 0 saturated heterocycles. The maximum atomic E-state index is 9.90. The van der Waals surface area contributed by atoms with E-state index in [0.717, 1.165) is 11.1 Å². The van der Waals surface area contributed by atoms with E-state index in [2.05, 4.69) is 9.97 Å². The van der Waals surface area contributed by atoms with Crippen LogP contribution in [-0.2, 0) is 0 Å². The minimum atomic E-state index is 0.211. The van der Waals surface area contributed by atoms with E-state index in [-0.39, 0.29) is 5.76 Å². The first-order valence-corrected chi connectivity index (χ1v) is 4.99. The summed E-state index contributed by atoms with van der Waals surface area (Å²) in [4.78, 5) is 7.84. The fraction of sp³-hybridized carbons (Fsp3) is 0.0769. The van der Waals surface area contributed by atoms with Gasteiger partial charge in [0.25, 0.3) is 0 Å². The van der Waals surface area contributed by atoms with Gasteiger partial charge in [0.15, 0.2) is 0 Å². The zero-order chi connectivity index (χ0) is 11.4. The molecule has 2 aromatic rings. The number of benzene rings is 1. The number of hydrogen-bond donors (Lipinski definition) is 1. The van der Waals surface area contributed by atoms with Gasteiger partial charge in [-0.2, -0.15) is 0 Å². The molecule has 0 aliphatic carbocycles. The third-order valence-electron chi connectivity index (χ3n) is 2.20. The van der Waals surface area contributed by atoms with E-state index >= 15 is 0 Å². The first kappa shape index (κ1) is 10.4. The van der Waals surface area contributed by atoms with Crippen molar-refractivity contribution in [2.24, 2.45) is 0 Å². The second-order valence-corrected chi connectivity index (χ2v) is 3.53. The largest absolute Gasteiger partial charge is 0.507 e. The van der Waals surface area contributed by atoms with Crippen molar-refractivity contribution in [1.82, 2.24) is 9.97 Å². The predicted molar refractivity (Wildman–Crippen MR) is 63.7 cm³/mol. The topological polar surface area (TPSA) is 46.0 Å². The summed E-state index contributed by atoms with van der Waals surface area (Å²) >= 11 is 0. The Kier molecular flexibility index (Phi) is 2.96. The zero-order valence-corrected chi connectivity index (χ0v) is 8.96. The molecule has 0 atom stereocenters. The van der Waals surface area contributed by atoms with Gasteiger partial charge in [0, 0.05) is 17.8 Å². The van der Waals surface area contributed by atoms with Crippen LogP contribution in [0, 0.1) is 6.92 Å². The number of hydrogen-bond acceptors (Lipinski definition) is 3. The Bertz CT molecular complexity index is 506. The zero-order valence-electron chi connectivity index (χ0n) is 8.96. The molecule has 0 bridgehead atoms. The molecule has 0 saturated carbocycles. The molecular weight excluding hydrogens is 200 g/mol. The average Bonchev–Trinajstić information content (AvgIpc) is 2.30. The Morgan fingerprint density at radius 2 is 2.19 bits per heavy atom. The summed E-state index contributed by atoms with van der Waals surface area (Å²) in [6.07, 6.45) is 4.72. The lowest BCUT2D eigenvalue weighted by Gasteiger charge is -2.01. The van der Waals surface area contributed by atoms with Crippen molar-refractivity contribution < 1.29 is 5.11 Å². The Morgan fingerprint density at radius 3 is 2.88 bits per heavy atom. The molecular formula is C13H12N2O. The van der Waals surface area contributed by atoms with E-state index in [1.54, 1.807) is 18.3 Å². The number of rotatable bonds is 2. The molecule has 0 unspecified atom stereocenters. The van der Waals surface area contributed by atoms with Gasteiger partial charge in [-0.15, -0.1) is 0 Å². The number of aromatic nitrogens is 2. The fourth-order valence-electron chi connectivity index (χ4n) is 1.41. The van der Waals surface area contributed by atoms with Crippen LogP contribution in [-0.4, -0.2) is 15.1 Å². The summed E-state index contributed by atoms with van der Waals surface area (Å²) in [7, 11) is 0. The van der Waals surface area contributed by atoms with Crippen molar-refractivity contribution in [1.29, 1.82) is 0 Å². The van der Waals surface area contributed by atoms with Gasteiger partial charge in [-0.3, -0.25) is 0 Å². The molecule has 3 heteroatoms. The lowest BCUT2D eigenvalue weighted by molar-refractivity contribution is 0.515. The number of aliphatic hydroxyl groups is 1. The number of aryl methyl sites for hydroxylation is 1. The van der Waals surface area contributed by atoms with Crippen LogP contribution in [0.25, 0.3) is 11.8 Å². The van der Waals surface area contributed by atoms with E-state index in [1.165, 1.54) is 6.33 Å². The third kappa shape index (κ3) is 2.45. The summed E-state index contributed by atoms with van der Waals surface area (Å²) in [6.45, 7) is 1.99. The number of aliphatic hydroxyl groups excluding tert-OH is 1. The summed E-state index contributed by atoms with van der Waals surface area (Å²) in [5.41, 5.74) is 2.59. The third-order valence-corrected chi connectivity index (χ3v) is 2.20. The molecule has 0 aliphatic heterocycles. The quantitative estimate of drug-likeness (QED) is 0.778. The summed E-state index contributed by atoms with van der Waals surface area (Å²) in [6, 6.07) is 9.43. The normalized spacial score (nSPS) is 11.4. The van der Waals surface area contributed by atoms with Crippen LogP contribution in [0.4, 0.5) is 0 Å². The molecule has 80 valence electrons. The van der Waals surface area contributed by atoms with Crippen molar-refractivity contribution in [2.45, 2.75) is 6.92 Å². The van der Waals surface area contributed by atoms with E-state index in [9.17, 15) is 5.11 Å². The van der Waals surface area contributed by atoms with Gasteiger partial charge in [0.05, 0.1) is 5.69 Å². The fourth-order valence-corrected chi connectivity index (χ4v) is 1.41. The molecule has 0 spiro atoms. The highest BCUT2D eigenvalue weighted by Gasteiger charge is 1.99. The van der Waals surface area contributed by atoms with Crippen LogP contribution >= 0.6 is 0 Å². The van der Waals surface area contributed by atoms with Gasteiger partial charge in [-0.1, -0.05) is 23.8 Å². The Hall–Kier alpha value is -2.16. The molecule has 1 heterocycles. The Balaban J connectivity index is 2.32. The van der Waals surface area contributed by atoms with Gasteiger partial charge < -0.3 is 5.11 Å². The Labute approximate surface area is 94.1 Å². The second-order valence-electron chi connectivity index (χ2n) is 3.53. The van der Waals surface area contributed by atoms with E-state index in [1.807, 2.05) is 31.2 Å².